The Morgan fingerprint density at radius 1 is 1.26 bits per heavy atom. The number of sulfone groups is 1. The van der Waals surface area contributed by atoms with Crippen LogP contribution >= 0.6 is 0 Å². The van der Waals surface area contributed by atoms with Crippen LogP contribution in [0.4, 0.5) is 0 Å². The molecule has 1 heterocycles. The van der Waals surface area contributed by atoms with Crippen LogP contribution < -0.4 is 5.32 Å². The fourth-order valence-electron chi connectivity index (χ4n) is 2.17. The Bertz CT molecular complexity index is 514. The number of hydrogen-bond donors (Lipinski definition) is 1. The van der Waals surface area contributed by atoms with Gasteiger partial charge >= 0.3 is 0 Å². The first-order valence-corrected chi connectivity index (χ1v) is 8.42. The molecule has 0 radical (unpaired) electrons. The molecule has 1 fully saturated rings. The van der Waals surface area contributed by atoms with E-state index in [4.69, 9.17) is 4.74 Å². The van der Waals surface area contributed by atoms with E-state index in [1.807, 2.05) is 12.1 Å². The molecule has 1 aromatic carbocycles. The standard InChI is InChI=1S/C14H21NO3S/c1-10(2)13-9-18-14(8-15-13)11-4-6-12(7-5-11)19(3,16)17/h4-7,10,13-15H,8-9H2,1-3H3. The third-order valence-electron chi connectivity index (χ3n) is 3.53. The van der Waals surface area contributed by atoms with Crippen LogP contribution in [0.3, 0.4) is 0 Å². The van der Waals surface area contributed by atoms with Crippen molar-refractivity contribution in [3.8, 4) is 0 Å². The van der Waals surface area contributed by atoms with Crippen molar-refractivity contribution < 1.29 is 13.2 Å². The SMILES string of the molecule is CC(C)C1COC(c2ccc(S(C)(=O)=O)cc2)CN1. The molecule has 1 saturated heterocycles. The zero-order valence-corrected chi connectivity index (χ0v) is 12.4. The fraction of sp³-hybridized carbons (Fsp3) is 0.571. The summed E-state index contributed by atoms with van der Waals surface area (Å²) < 4.78 is 28.6. The zero-order valence-electron chi connectivity index (χ0n) is 11.6. The Morgan fingerprint density at radius 2 is 1.89 bits per heavy atom. The van der Waals surface area contributed by atoms with Gasteiger partial charge in [0.25, 0.3) is 0 Å². The number of rotatable bonds is 3. The zero-order chi connectivity index (χ0) is 14.0. The lowest BCUT2D eigenvalue weighted by Gasteiger charge is -2.32. The summed E-state index contributed by atoms with van der Waals surface area (Å²) in [6.07, 6.45) is 1.22. The number of ether oxygens (including phenoxy) is 1. The van der Waals surface area contributed by atoms with Crippen LogP contribution in [0.2, 0.25) is 0 Å². The van der Waals surface area contributed by atoms with E-state index >= 15 is 0 Å². The summed E-state index contributed by atoms with van der Waals surface area (Å²) in [7, 11) is -3.13. The molecule has 106 valence electrons. The lowest BCUT2D eigenvalue weighted by atomic mass is 10.0. The molecule has 1 N–H and O–H groups in total. The van der Waals surface area contributed by atoms with Gasteiger partial charge in [0, 0.05) is 18.8 Å². The summed E-state index contributed by atoms with van der Waals surface area (Å²) in [6.45, 7) is 5.79. The molecule has 0 amide bonds. The van der Waals surface area contributed by atoms with E-state index < -0.39 is 9.84 Å². The summed E-state index contributed by atoms with van der Waals surface area (Å²) >= 11 is 0. The van der Waals surface area contributed by atoms with Crippen molar-refractivity contribution in [2.75, 3.05) is 19.4 Å². The average Bonchev–Trinajstić information content (AvgIpc) is 2.38. The van der Waals surface area contributed by atoms with Crippen molar-refractivity contribution in [1.82, 2.24) is 5.32 Å². The first kappa shape index (κ1) is 14.5. The monoisotopic (exact) mass is 283 g/mol. The Morgan fingerprint density at radius 3 is 2.32 bits per heavy atom. The summed E-state index contributed by atoms with van der Waals surface area (Å²) in [6, 6.07) is 7.34. The molecule has 2 atom stereocenters. The molecule has 2 unspecified atom stereocenters. The molecule has 4 nitrogen and oxygen atoms in total. The first-order chi connectivity index (χ1) is 8.88. The van der Waals surface area contributed by atoms with Crippen molar-refractivity contribution in [3.63, 3.8) is 0 Å². The molecule has 1 aliphatic rings. The van der Waals surface area contributed by atoms with Gasteiger partial charge in [-0.25, -0.2) is 8.42 Å². The minimum Gasteiger partial charge on any atom is -0.371 e. The van der Waals surface area contributed by atoms with Crippen molar-refractivity contribution >= 4 is 9.84 Å². The van der Waals surface area contributed by atoms with E-state index in [2.05, 4.69) is 19.2 Å². The third-order valence-corrected chi connectivity index (χ3v) is 4.66. The molecule has 0 bridgehead atoms. The van der Waals surface area contributed by atoms with Gasteiger partial charge in [-0.15, -0.1) is 0 Å². The van der Waals surface area contributed by atoms with Gasteiger partial charge in [-0.3, -0.25) is 0 Å². The Hall–Kier alpha value is -0.910. The molecule has 0 aliphatic carbocycles. The van der Waals surface area contributed by atoms with Gasteiger partial charge in [-0.05, 0) is 23.6 Å². The number of benzene rings is 1. The highest BCUT2D eigenvalue weighted by molar-refractivity contribution is 7.90. The molecule has 1 aromatic rings. The van der Waals surface area contributed by atoms with Crippen LogP contribution in [-0.2, 0) is 14.6 Å². The smallest absolute Gasteiger partial charge is 0.175 e. The van der Waals surface area contributed by atoms with Gasteiger partial charge in [0.1, 0.15) is 0 Å². The molecule has 0 spiro atoms. The fourth-order valence-corrected chi connectivity index (χ4v) is 2.80. The topological polar surface area (TPSA) is 55.4 Å². The van der Waals surface area contributed by atoms with E-state index in [1.165, 1.54) is 6.26 Å². The normalized spacial score (nSPS) is 24.6. The maximum atomic E-state index is 11.4. The van der Waals surface area contributed by atoms with Crippen LogP contribution in [0.15, 0.2) is 29.2 Å². The molecule has 0 saturated carbocycles. The van der Waals surface area contributed by atoms with Crippen molar-refractivity contribution in [2.45, 2.75) is 30.9 Å². The predicted octanol–water partition coefficient (Wildman–Crippen LogP) is 1.78. The highest BCUT2D eigenvalue weighted by atomic mass is 32.2. The second-order valence-corrected chi connectivity index (χ2v) is 7.44. The van der Waals surface area contributed by atoms with Gasteiger partial charge in [0.05, 0.1) is 17.6 Å². The van der Waals surface area contributed by atoms with Crippen LogP contribution in [0, 0.1) is 5.92 Å². The van der Waals surface area contributed by atoms with Gasteiger partial charge in [0.15, 0.2) is 9.84 Å². The van der Waals surface area contributed by atoms with E-state index in [9.17, 15) is 8.42 Å². The van der Waals surface area contributed by atoms with Crippen molar-refractivity contribution in [3.05, 3.63) is 29.8 Å². The summed E-state index contributed by atoms with van der Waals surface area (Å²) in [4.78, 5) is 0.347. The van der Waals surface area contributed by atoms with E-state index in [0.29, 0.717) is 23.5 Å². The van der Waals surface area contributed by atoms with Gasteiger partial charge in [0.2, 0.25) is 0 Å². The predicted molar refractivity (Wildman–Crippen MR) is 74.9 cm³/mol. The van der Waals surface area contributed by atoms with E-state index in [-0.39, 0.29) is 6.10 Å². The lowest BCUT2D eigenvalue weighted by Crippen LogP contribution is -2.45. The molecule has 19 heavy (non-hydrogen) atoms. The van der Waals surface area contributed by atoms with Gasteiger partial charge in [-0.2, -0.15) is 0 Å². The lowest BCUT2D eigenvalue weighted by molar-refractivity contribution is -0.00713. The molecular formula is C14H21NO3S. The Balaban J connectivity index is 2.04. The largest absolute Gasteiger partial charge is 0.371 e. The second kappa shape index (κ2) is 5.61. The molecular weight excluding hydrogens is 262 g/mol. The van der Waals surface area contributed by atoms with Crippen LogP contribution in [0.1, 0.15) is 25.5 Å². The number of nitrogens with one attached hydrogen (secondary N) is 1. The highest BCUT2D eigenvalue weighted by Crippen LogP contribution is 2.23. The average molecular weight is 283 g/mol. The summed E-state index contributed by atoms with van der Waals surface area (Å²) in [5, 5.41) is 3.47. The van der Waals surface area contributed by atoms with Crippen LogP contribution in [0.25, 0.3) is 0 Å². The number of morpholine rings is 1. The second-order valence-electron chi connectivity index (χ2n) is 5.42. The summed E-state index contributed by atoms with van der Waals surface area (Å²) in [5.74, 6) is 0.550. The quantitative estimate of drug-likeness (QED) is 0.918. The van der Waals surface area contributed by atoms with Crippen molar-refractivity contribution in [1.29, 1.82) is 0 Å². The van der Waals surface area contributed by atoms with Crippen LogP contribution in [0.5, 0.6) is 0 Å². The summed E-state index contributed by atoms with van der Waals surface area (Å²) in [5.41, 5.74) is 1.02. The Labute approximate surface area is 115 Å². The van der Waals surface area contributed by atoms with Gasteiger partial charge in [-0.1, -0.05) is 26.0 Å². The maximum Gasteiger partial charge on any atom is 0.175 e. The molecule has 2 rings (SSSR count). The highest BCUT2D eigenvalue weighted by Gasteiger charge is 2.24. The van der Waals surface area contributed by atoms with E-state index in [0.717, 1.165) is 12.1 Å². The molecule has 0 aromatic heterocycles. The maximum absolute atomic E-state index is 11.4. The molecule has 1 aliphatic heterocycles. The Kier molecular flexibility index (Phi) is 4.28. The van der Waals surface area contributed by atoms with Gasteiger partial charge < -0.3 is 10.1 Å². The van der Waals surface area contributed by atoms with Crippen molar-refractivity contribution in [2.24, 2.45) is 5.92 Å². The minimum absolute atomic E-state index is 0.00334. The van der Waals surface area contributed by atoms with Crippen LogP contribution in [-0.4, -0.2) is 33.9 Å². The molecule has 5 heteroatoms. The van der Waals surface area contributed by atoms with E-state index in [1.54, 1.807) is 12.1 Å². The number of hydrogen-bond acceptors (Lipinski definition) is 4. The first-order valence-electron chi connectivity index (χ1n) is 6.53. The minimum atomic E-state index is -3.13. The third kappa shape index (κ3) is 3.55.